The highest BCUT2D eigenvalue weighted by Crippen LogP contribution is 2.16. The number of likely N-dealkylation sites (tertiary alicyclic amines) is 1. The van der Waals surface area contributed by atoms with Crippen LogP contribution in [0.15, 0.2) is 28.7 Å². The topological polar surface area (TPSA) is 49.8 Å². The van der Waals surface area contributed by atoms with Crippen molar-refractivity contribution in [1.82, 2.24) is 4.90 Å². The lowest BCUT2D eigenvalue weighted by atomic mass is 10.3. The van der Waals surface area contributed by atoms with Crippen LogP contribution in [0.4, 0.5) is 0 Å². The van der Waals surface area contributed by atoms with Gasteiger partial charge in [0.1, 0.15) is 5.75 Å². The van der Waals surface area contributed by atoms with Gasteiger partial charge in [-0.2, -0.15) is 0 Å². The molecule has 1 atom stereocenters. The SMILES string of the molecule is O=C(CCOc1ccc(Br)cc1)N1CC[C@@H](O)C1. The molecule has 1 amide bonds. The zero-order chi connectivity index (χ0) is 13.0. The fourth-order valence-electron chi connectivity index (χ4n) is 1.91. The largest absolute Gasteiger partial charge is 0.493 e. The van der Waals surface area contributed by atoms with E-state index < -0.39 is 0 Å². The van der Waals surface area contributed by atoms with E-state index >= 15 is 0 Å². The number of ether oxygens (including phenoxy) is 1. The fourth-order valence-corrected chi connectivity index (χ4v) is 2.18. The Hall–Kier alpha value is -1.07. The van der Waals surface area contributed by atoms with Crippen LogP contribution in [0.5, 0.6) is 5.75 Å². The summed E-state index contributed by atoms with van der Waals surface area (Å²) in [6, 6.07) is 7.50. The summed E-state index contributed by atoms with van der Waals surface area (Å²) in [4.78, 5) is 13.5. The molecule has 1 fully saturated rings. The highest BCUT2D eigenvalue weighted by atomic mass is 79.9. The second-order valence-electron chi connectivity index (χ2n) is 4.33. The molecule has 0 bridgehead atoms. The molecule has 0 saturated carbocycles. The fraction of sp³-hybridized carbons (Fsp3) is 0.462. The van der Waals surface area contributed by atoms with E-state index in [1.165, 1.54) is 0 Å². The van der Waals surface area contributed by atoms with E-state index in [0.29, 0.717) is 32.5 Å². The van der Waals surface area contributed by atoms with E-state index in [9.17, 15) is 9.90 Å². The molecule has 1 aliphatic heterocycles. The third-order valence-corrected chi connectivity index (χ3v) is 3.44. The van der Waals surface area contributed by atoms with E-state index in [4.69, 9.17) is 4.74 Å². The predicted octanol–water partition coefficient (Wildman–Crippen LogP) is 1.81. The normalized spacial score (nSPS) is 19.0. The smallest absolute Gasteiger partial charge is 0.226 e. The molecule has 1 aromatic carbocycles. The minimum atomic E-state index is -0.360. The number of amides is 1. The van der Waals surface area contributed by atoms with Gasteiger partial charge in [0, 0.05) is 17.6 Å². The Labute approximate surface area is 115 Å². The molecule has 2 rings (SSSR count). The maximum atomic E-state index is 11.8. The zero-order valence-electron chi connectivity index (χ0n) is 10.0. The Morgan fingerprint density at radius 1 is 1.44 bits per heavy atom. The summed E-state index contributed by atoms with van der Waals surface area (Å²) in [6.07, 6.45) is 0.670. The molecule has 1 aromatic rings. The Balaban J connectivity index is 1.72. The average Bonchev–Trinajstić information content (AvgIpc) is 2.78. The molecule has 4 nitrogen and oxygen atoms in total. The van der Waals surface area contributed by atoms with Crippen molar-refractivity contribution in [2.24, 2.45) is 0 Å². The summed E-state index contributed by atoms with van der Waals surface area (Å²) in [5, 5.41) is 9.35. The van der Waals surface area contributed by atoms with Gasteiger partial charge in [0.25, 0.3) is 0 Å². The molecular formula is C13H16BrNO3. The lowest BCUT2D eigenvalue weighted by molar-refractivity contribution is -0.131. The summed E-state index contributed by atoms with van der Waals surface area (Å²) >= 11 is 3.35. The molecule has 18 heavy (non-hydrogen) atoms. The standard InChI is InChI=1S/C13H16BrNO3/c14-10-1-3-12(4-2-10)18-8-6-13(17)15-7-5-11(16)9-15/h1-4,11,16H,5-9H2/t11-/m1/s1. The first-order chi connectivity index (χ1) is 8.65. The molecule has 1 saturated heterocycles. The van der Waals surface area contributed by atoms with Gasteiger partial charge in [0.05, 0.1) is 19.1 Å². The number of halogens is 1. The number of aliphatic hydroxyl groups is 1. The highest BCUT2D eigenvalue weighted by Gasteiger charge is 2.23. The Morgan fingerprint density at radius 3 is 2.78 bits per heavy atom. The summed E-state index contributed by atoms with van der Waals surface area (Å²) in [7, 11) is 0. The van der Waals surface area contributed by atoms with Gasteiger partial charge >= 0.3 is 0 Å². The average molecular weight is 314 g/mol. The van der Waals surface area contributed by atoms with Crippen LogP contribution in [0.1, 0.15) is 12.8 Å². The van der Waals surface area contributed by atoms with E-state index in [1.54, 1.807) is 4.90 Å². The van der Waals surface area contributed by atoms with Crippen molar-refractivity contribution in [1.29, 1.82) is 0 Å². The summed E-state index contributed by atoms with van der Waals surface area (Å²) in [5.74, 6) is 0.802. The number of β-amino-alcohol motifs (C(OH)–C–C–N with tert-alkyl or cyclic N) is 1. The minimum Gasteiger partial charge on any atom is -0.493 e. The van der Waals surface area contributed by atoms with Crippen LogP contribution in [0, 0.1) is 0 Å². The van der Waals surface area contributed by atoms with Gasteiger partial charge in [-0.1, -0.05) is 15.9 Å². The van der Waals surface area contributed by atoms with Gasteiger partial charge in [0.15, 0.2) is 0 Å². The third kappa shape index (κ3) is 3.71. The van der Waals surface area contributed by atoms with Crippen LogP contribution < -0.4 is 4.74 Å². The maximum absolute atomic E-state index is 11.8. The molecule has 98 valence electrons. The predicted molar refractivity (Wildman–Crippen MR) is 71.5 cm³/mol. The second kappa shape index (κ2) is 6.20. The number of benzene rings is 1. The number of aliphatic hydroxyl groups excluding tert-OH is 1. The first kappa shape index (κ1) is 13.4. The molecule has 1 aliphatic rings. The summed E-state index contributed by atoms with van der Waals surface area (Å²) in [6.45, 7) is 1.47. The molecule has 0 unspecified atom stereocenters. The molecular weight excluding hydrogens is 298 g/mol. The Kier molecular flexibility index (Phi) is 4.60. The number of hydrogen-bond acceptors (Lipinski definition) is 3. The van der Waals surface area contributed by atoms with Crippen LogP contribution in [0.3, 0.4) is 0 Å². The van der Waals surface area contributed by atoms with Crippen LogP contribution in [0.25, 0.3) is 0 Å². The molecule has 0 radical (unpaired) electrons. The van der Waals surface area contributed by atoms with Gasteiger partial charge in [-0.25, -0.2) is 0 Å². The first-order valence-electron chi connectivity index (χ1n) is 5.99. The van der Waals surface area contributed by atoms with Crippen LogP contribution in [0.2, 0.25) is 0 Å². The van der Waals surface area contributed by atoms with Gasteiger partial charge in [-0.15, -0.1) is 0 Å². The zero-order valence-corrected chi connectivity index (χ0v) is 11.6. The molecule has 0 spiro atoms. The summed E-state index contributed by atoms with van der Waals surface area (Å²) in [5.41, 5.74) is 0. The number of carbonyl (C=O) groups excluding carboxylic acids is 1. The van der Waals surface area contributed by atoms with E-state index in [0.717, 1.165) is 10.2 Å². The lowest BCUT2D eigenvalue weighted by Gasteiger charge is -2.15. The van der Waals surface area contributed by atoms with E-state index in [1.807, 2.05) is 24.3 Å². The Morgan fingerprint density at radius 2 is 2.17 bits per heavy atom. The third-order valence-electron chi connectivity index (χ3n) is 2.91. The van der Waals surface area contributed by atoms with E-state index in [-0.39, 0.29) is 12.0 Å². The van der Waals surface area contributed by atoms with Crippen LogP contribution >= 0.6 is 15.9 Å². The lowest BCUT2D eigenvalue weighted by Crippen LogP contribution is -2.30. The number of rotatable bonds is 4. The monoisotopic (exact) mass is 313 g/mol. The van der Waals surface area contributed by atoms with Crippen LogP contribution in [-0.2, 0) is 4.79 Å². The van der Waals surface area contributed by atoms with Crippen molar-refractivity contribution in [2.45, 2.75) is 18.9 Å². The van der Waals surface area contributed by atoms with Crippen molar-refractivity contribution in [3.05, 3.63) is 28.7 Å². The van der Waals surface area contributed by atoms with Crippen molar-refractivity contribution in [3.8, 4) is 5.75 Å². The van der Waals surface area contributed by atoms with Crippen LogP contribution in [-0.4, -0.2) is 41.7 Å². The highest BCUT2D eigenvalue weighted by molar-refractivity contribution is 9.10. The van der Waals surface area contributed by atoms with Crippen molar-refractivity contribution in [2.75, 3.05) is 19.7 Å². The maximum Gasteiger partial charge on any atom is 0.226 e. The van der Waals surface area contributed by atoms with Crippen molar-refractivity contribution in [3.63, 3.8) is 0 Å². The van der Waals surface area contributed by atoms with Gasteiger partial charge < -0.3 is 14.7 Å². The van der Waals surface area contributed by atoms with E-state index in [2.05, 4.69) is 15.9 Å². The molecule has 0 aromatic heterocycles. The van der Waals surface area contributed by atoms with Gasteiger partial charge in [-0.05, 0) is 30.7 Å². The summed E-state index contributed by atoms with van der Waals surface area (Å²) < 4.78 is 6.48. The second-order valence-corrected chi connectivity index (χ2v) is 5.25. The number of carbonyl (C=O) groups is 1. The first-order valence-corrected chi connectivity index (χ1v) is 6.78. The number of nitrogens with zero attached hydrogens (tertiary/aromatic N) is 1. The van der Waals surface area contributed by atoms with Gasteiger partial charge in [0.2, 0.25) is 5.91 Å². The Bertz CT molecular complexity index is 407. The van der Waals surface area contributed by atoms with Crippen molar-refractivity contribution >= 4 is 21.8 Å². The molecule has 1 heterocycles. The number of hydrogen-bond donors (Lipinski definition) is 1. The van der Waals surface area contributed by atoms with Gasteiger partial charge in [-0.3, -0.25) is 4.79 Å². The minimum absolute atomic E-state index is 0.0451. The molecule has 0 aliphatic carbocycles. The van der Waals surface area contributed by atoms with Crippen molar-refractivity contribution < 1.29 is 14.6 Å². The molecule has 1 N–H and O–H groups in total. The molecule has 5 heteroatoms. The quantitative estimate of drug-likeness (QED) is 0.922.